The third-order valence-corrected chi connectivity index (χ3v) is 2.47. The van der Waals surface area contributed by atoms with E-state index in [2.05, 4.69) is 4.98 Å². The van der Waals surface area contributed by atoms with E-state index in [1.165, 1.54) is 12.1 Å². The van der Waals surface area contributed by atoms with Crippen LogP contribution in [0.3, 0.4) is 0 Å². The van der Waals surface area contributed by atoms with Gasteiger partial charge in [0.05, 0.1) is 11.8 Å². The number of halogens is 3. The van der Waals surface area contributed by atoms with Crippen LogP contribution >= 0.6 is 0 Å². The molecule has 0 fully saturated rings. The number of hydrogen-bond donors (Lipinski definition) is 1. The monoisotopic (exact) mass is 271 g/mol. The van der Waals surface area contributed by atoms with Crippen molar-refractivity contribution in [3.63, 3.8) is 0 Å². The molecule has 0 radical (unpaired) electrons. The number of hydrogen-bond acceptors (Lipinski definition) is 3. The van der Waals surface area contributed by atoms with Gasteiger partial charge in [0.2, 0.25) is 0 Å². The first kappa shape index (κ1) is 13.3. The Bertz CT molecular complexity index is 578. The van der Waals surface area contributed by atoms with Crippen molar-refractivity contribution in [2.24, 2.45) is 0 Å². The molecule has 1 aromatic heterocycles. The van der Waals surface area contributed by atoms with Crippen LogP contribution in [-0.4, -0.2) is 9.55 Å². The van der Waals surface area contributed by atoms with Crippen molar-refractivity contribution < 1.29 is 17.9 Å². The molecular weight excluding hydrogens is 259 g/mol. The van der Waals surface area contributed by atoms with Gasteiger partial charge in [-0.15, -0.1) is 0 Å². The number of aromatic nitrogens is 2. The molecule has 19 heavy (non-hydrogen) atoms. The number of benzene rings is 1. The minimum Gasteiger partial charge on any atom is -0.425 e. The fraction of sp³-hybridized carbons (Fsp3) is 0.250. The van der Waals surface area contributed by atoms with Crippen LogP contribution in [0.1, 0.15) is 12.5 Å². The Hall–Kier alpha value is -2.18. The van der Waals surface area contributed by atoms with Crippen LogP contribution in [0.15, 0.2) is 30.5 Å². The highest BCUT2D eigenvalue weighted by Crippen LogP contribution is 2.32. The molecule has 1 aromatic carbocycles. The van der Waals surface area contributed by atoms with E-state index in [4.69, 9.17) is 10.5 Å². The first-order valence-corrected chi connectivity index (χ1v) is 5.58. The molecular formula is C12H12F3N3O. The molecule has 0 aliphatic carbocycles. The summed E-state index contributed by atoms with van der Waals surface area (Å²) in [6.07, 6.45) is -2.85. The van der Waals surface area contributed by atoms with Gasteiger partial charge in [-0.2, -0.15) is 18.2 Å². The molecule has 7 heteroatoms. The fourth-order valence-corrected chi connectivity index (χ4v) is 1.57. The lowest BCUT2D eigenvalue weighted by molar-refractivity contribution is -0.137. The topological polar surface area (TPSA) is 53.1 Å². The van der Waals surface area contributed by atoms with Crippen LogP contribution in [0.25, 0.3) is 0 Å². The van der Waals surface area contributed by atoms with Crippen molar-refractivity contribution in [1.82, 2.24) is 9.55 Å². The molecule has 0 spiro atoms. The van der Waals surface area contributed by atoms with Gasteiger partial charge in [0.25, 0.3) is 0 Å². The van der Waals surface area contributed by atoms with Crippen molar-refractivity contribution in [1.29, 1.82) is 0 Å². The second-order valence-corrected chi connectivity index (χ2v) is 3.86. The molecule has 102 valence electrons. The highest BCUT2D eigenvalue weighted by Gasteiger charge is 2.30. The summed E-state index contributed by atoms with van der Waals surface area (Å²) in [6.45, 7) is 2.40. The summed E-state index contributed by atoms with van der Waals surface area (Å²) in [7, 11) is 0. The molecule has 0 bridgehead atoms. The van der Waals surface area contributed by atoms with E-state index in [1.54, 1.807) is 10.8 Å². The van der Waals surface area contributed by atoms with Gasteiger partial charge in [0.1, 0.15) is 11.6 Å². The zero-order valence-electron chi connectivity index (χ0n) is 10.1. The molecule has 2 aromatic rings. The van der Waals surface area contributed by atoms with Crippen molar-refractivity contribution in [2.45, 2.75) is 19.6 Å². The summed E-state index contributed by atoms with van der Waals surface area (Å²) in [6, 6.07) is 4.78. The number of ether oxygens (including phenoxy) is 1. The summed E-state index contributed by atoms with van der Waals surface area (Å²) >= 11 is 0. The summed E-state index contributed by atoms with van der Waals surface area (Å²) in [5.41, 5.74) is 4.75. The molecule has 0 amide bonds. The average Bonchev–Trinajstić information content (AvgIpc) is 2.69. The first-order valence-electron chi connectivity index (χ1n) is 5.58. The maximum atomic E-state index is 12.6. The standard InChI is InChI=1S/C12H12F3N3O/c1-2-18-7-10(16)17-11(18)19-9-5-3-4-8(6-9)12(13,14)15/h3-7H,2,16H2,1H3. The van der Waals surface area contributed by atoms with Crippen LogP contribution in [-0.2, 0) is 12.7 Å². The van der Waals surface area contributed by atoms with E-state index in [1.807, 2.05) is 6.92 Å². The van der Waals surface area contributed by atoms with Crippen molar-refractivity contribution in [3.05, 3.63) is 36.0 Å². The number of imidazole rings is 1. The predicted molar refractivity (Wildman–Crippen MR) is 63.8 cm³/mol. The van der Waals surface area contributed by atoms with Gasteiger partial charge in [-0.3, -0.25) is 4.57 Å². The first-order chi connectivity index (χ1) is 8.90. The average molecular weight is 271 g/mol. The second kappa shape index (κ2) is 4.83. The number of aryl methyl sites for hydroxylation is 1. The summed E-state index contributed by atoms with van der Waals surface area (Å²) in [5, 5.41) is 0. The van der Waals surface area contributed by atoms with Crippen molar-refractivity contribution in [3.8, 4) is 11.8 Å². The molecule has 0 aliphatic rings. The smallest absolute Gasteiger partial charge is 0.416 e. The second-order valence-electron chi connectivity index (χ2n) is 3.86. The lowest BCUT2D eigenvalue weighted by Gasteiger charge is -2.10. The number of alkyl halides is 3. The highest BCUT2D eigenvalue weighted by molar-refractivity contribution is 5.34. The van der Waals surface area contributed by atoms with E-state index in [0.29, 0.717) is 6.54 Å². The largest absolute Gasteiger partial charge is 0.425 e. The Labute approximate surface area is 107 Å². The number of anilines is 1. The highest BCUT2D eigenvalue weighted by atomic mass is 19.4. The lowest BCUT2D eigenvalue weighted by atomic mass is 10.2. The van der Waals surface area contributed by atoms with Crippen molar-refractivity contribution in [2.75, 3.05) is 5.73 Å². The number of rotatable bonds is 3. The maximum absolute atomic E-state index is 12.6. The normalized spacial score (nSPS) is 11.6. The molecule has 0 unspecified atom stereocenters. The summed E-state index contributed by atoms with van der Waals surface area (Å²) in [5.74, 6) is 0.318. The Morgan fingerprint density at radius 2 is 2.11 bits per heavy atom. The van der Waals surface area contributed by atoms with Crippen LogP contribution < -0.4 is 10.5 Å². The van der Waals surface area contributed by atoms with Gasteiger partial charge in [-0.25, -0.2) is 0 Å². The van der Waals surface area contributed by atoms with Crippen molar-refractivity contribution >= 4 is 5.82 Å². The third kappa shape index (κ3) is 2.98. The molecule has 2 N–H and O–H groups in total. The van der Waals surface area contributed by atoms with Gasteiger partial charge >= 0.3 is 12.2 Å². The zero-order valence-corrected chi connectivity index (χ0v) is 10.1. The predicted octanol–water partition coefficient (Wildman–Crippen LogP) is 3.30. The van der Waals surface area contributed by atoms with Gasteiger partial charge in [0, 0.05) is 6.54 Å². The van der Waals surface area contributed by atoms with Crippen LogP contribution in [0.5, 0.6) is 11.8 Å². The number of nitrogens with two attached hydrogens (primary N) is 1. The number of nitrogens with zero attached hydrogens (tertiary/aromatic N) is 2. The molecule has 0 atom stereocenters. The van der Waals surface area contributed by atoms with E-state index in [9.17, 15) is 13.2 Å². The van der Waals surface area contributed by atoms with E-state index in [0.717, 1.165) is 12.1 Å². The van der Waals surface area contributed by atoms with Gasteiger partial charge < -0.3 is 10.5 Å². The molecule has 0 saturated carbocycles. The molecule has 0 aliphatic heterocycles. The number of nitrogen functional groups attached to an aromatic ring is 1. The summed E-state index contributed by atoms with van der Waals surface area (Å²) in [4.78, 5) is 3.91. The minimum absolute atomic E-state index is 0.0649. The molecule has 4 nitrogen and oxygen atoms in total. The Balaban J connectivity index is 2.28. The SMILES string of the molecule is CCn1cc(N)nc1Oc1cccc(C(F)(F)F)c1. The van der Waals surface area contributed by atoms with Gasteiger partial charge in [0.15, 0.2) is 0 Å². The molecule has 0 saturated heterocycles. The third-order valence-electron chi connectivity index (χ3n) is 2.47. The quantitative estimate of drug-likeness (QED) is 0.931. The summed E-state index contributed by atoms with van der Waals surface area (Å²) < 4.78 is 44.6. The Morgan fingerprint density at radius 1 is 1.37 bits per heavy atom. The van der Waals surface area contributed by atoms with Crippen LogP contribution in [0, 0.1) is 0 Å². The van der Waals surface area contributed by atoms with Crippen LogP contribution in [0.4, 0.5) is 19.0 Å². The molecule has 2 rings (SSSR count). The van der Waals surface area contributed by atoms with Crippen LogP contribution in [0.2, 0.25) is 0 Å². The fourth-order valence-electron chi connectivity index (χ4n) is 1.57. The zero-order chi connectivity index (χ0) is 14.0. The van der Waals surface area contributed by atoms with E-state index < -0.39 is 11.7 Å². The Morgan fingerprint density at radius 3 is 2.74 bits per heavy atom. The van der Waals surface area contributed by atoms with Gasteiger partial charge in [-0.05, 0) is 25.1 Å². The van der Waals surface area contributed by atoms with E-state index >= 15 is 0 Å². The van der Waals surface area contributed by atoms with E-state index in [-0.39, 0.29) is 17.6 Å². The van der Waals surface area contributed by atoms with Gasteiger partial charge in [-0.1, -0.05) is 6.07 Å². The lowest BCUT2D eigenvalue weighted by Crippen LogP contribution is -2.05. The minimum atomic E-state index is -4.40. The maximum Gasteiger partial charge on any atom is 0.416 e. The molecule has 1 heterocycles. The Kier molecular flexibility index (Phi) is 3.37.